The average Bonchev–Trinajstić information content (AvgIpc) is 2.77. The van der Waals surface area contributed by atoms with Crippen molar-refractivity contribution in [2.45, 2.75) is 0 Å². The average molecular weight is 395 g/mol. The molecule has 0 saturated heterocycles. The van der Waals surface area contributed by atoms with Gasteiger partial charge >= 0.3 is 5.63 Å². The Morgan fingerprint density at radius 1 is 0.867 bits per heavy atom. The summed E-state index contributed by atoms with van der Waals surface area (Å²) in [5.74, 6) is 6.31. The molecule has 0 aliphatic carbocycles. The lowest BCUT2D eigenvalue weighted by atomic mass is 10.1. The Morgan fingerprint density at radius 2 is 1.63 bits per heavy atom. The molecule has 0 fully saturated rings. The lowest BCUT2D eigenvalue weighted by Gasteiger charge is -2.08. The van der Waals surface area contributed by atoms with E-state index in [0.29, 0.717) is 17.0 Å². The van der Waals surface area contributed by atoms with Gasteiger partial charge in [-0.2, -0.15) is 0 Å². The molecule has 4 rings (SSSR count). The van der Waals surface area contributed by atoms with Gasteiger partial charge in [0.1, 0.15) is 11.3 Å². The van der Waals surface area contributed by atoms with Crippen LogP contribution in [0.2, 0.25) is 0 Å². The molecule has 3 aromatic carbocycles. The molecule has 5 heteroatoms. The van der Waals surface area contributed by atoms with E-state index in [1.165, 1.54) is 6.07 Å². The number of fused-ring (bicyclic) bond motifs is 1. The van der Waals surface area contributed by atoms with Crippen LogP contribution in [0.4, 0.5) is 5.69 Å². The van der Waals surface area contributed by atoms with Crippen molar-refractivity contribution in [3.05, 3.63) is 106 Å². The molecule has 1 aromatic heterocycles. The number of amides is 1. The van der Waals surface area contributed by atoms with Crippen LogP contribution in [0, 0.1) is 11.8 Å². The molecule has 4 aromatic rings. The summed E-state index contributed by atoms with van der Waals surface area (Å²) in [6, 6.07) is 25.1. The highest BCUT2D eigenvalue weighted by Gasteiger charge is 2.06. The highest BCUT2D eigenvalue weighted by Crippen LogP contribution is 2.19. The first-order chi connectivity index (χ1) is 14.7. The van der Waals surface area contributed by atoms with E-state index in [9.17, 15) is 9.59 Å². The van der Waals surface area contributed by atoms with Gasteiger partial charge in [0.25, 0.3) is 5.91 Å². The normalized spacial score (nSPS) is 10.1. The summed E-state index contributed by atoms with van der Waals surface area (Å²) in [6.45, 7) is -0.178. The number of carbonyl (C=O) groups is 1. The first-order valence-corrected chi connectivity index (χ1v) is 9.29. The second kappa shape index (κ2) is 8.80. The highest BCUT2D eigenvalue weighted by atomic mass is 16.5. The van der Waals surface area contributed by atoms with E-state index in [1.54, 1.807) is 36.4 Å². The topological polar surface area (TPSA) is 68.5 Å². The van der Waals surface area contributed by atoms with Crippen molar-refractivity contribution in [2.24, 2.45) is 0 Å². The van der Waals surface area contributed by atoms with Crippen LogP contribution < -0.4 is 15.7 Å². The van der Waals surface area contributed by atoms with Crippen LogP contribution in [0.15, 0.2) is 94.1 Å². The number of carbonyl (C=O) groups excluding carboxylic acids is 1. The summed E-state index contributed by atoms with van der Waals surface area (Å²) in [5, 5.41) is 3.57. The van der Waals surface area contributed by atoms with Crippen molar-refractivity contribution in [3.8, 4) is 17.6 Å². The van der Waals surface area contributed by atoms with E-state index in [-0.39, 0.29) is 12.5 Å². The zero-order valence-electron chi connectivity index (χ0n) is 15.9. The molecule has 0 saturated carbocycles. The number of hydrogen-bond acceptors (Lipinski definition) is 4. The second-order valence-electron chi connectivity index (χ2n) is 6.49. The Morgan fingerprint density at radius 3 is 2.50 bits per heavy atom. The van der Waals surface area contributed by atoms with E-state index in [1.807, 2.05) is 42.5 Å². The van der Waals surface area contributed by atoms with Gasteiger partial charge in [0.2, 0.25) is 0 Å². The third-order valence-corrected chi connectivity index (χ3v) is 4.24. The van der Waals surface area contributed by atoms with Crippen LogP contribution in [0.1, 0.15) is 11.1 Å². The standard InChI is InChI=1S/C25H17NO4/c27-24(17-29-22-13-11-20-12-14-25(28)30-23(20)16-22)26-21-8-4-7-19(15-21)10-9-18-5-2-1-3-6-18/h1-8,11-16H,17H2,(H,26,27). The lowest BCUT2D eigenvalue weighted by Crippen LogP contribution is -2.20. The number of hydrogen-bond donors (Lipinski definition) is 1. The van der Waals surface area contributed by atoms with Crippen molar-refractivity contribution in [2.75, 3.05) is 11.9 Å². The molecule has 0 radical (unpaired) electrons. The van der Waals surface area contributed by atoms with Crippen molar-refractivity contribution < 1.29 is 13.9 Å². The zero-order chi connectivity index (χ0) is 20.8. The quantitative estimate of drug-likeness (QED) is 0.415. The molecule has 30 heavy (non-hydrogen) atoms. The van der Waals surface area contributed by atoms with Crippen molar-refractivity contribution >= 4 is 22.6 Å². The monoisotopic (exact) mass is 395 g/mol. The van der Waals surface area contributed by atoms with E-state index in [2.05, 4.69) is 17.2 Å². The zero-order valence-corrected chi connectivity index (χ0v) is 15.9. The maximum Gasteiger partial charge on any atom is 0.336 e. The molecular formula is C25H17NO4. The lowest BCUT2D eigenvalue weighted by molar-refractivity contribution is -0.118. The molecule has 0 aliphatic heterocycles. The van der Waals surface area contributed by atoms with Gasteiger partial charge in [-0.25, -0.2) is 4.79 Å². The van der Waals surface area contributed by atoms with Gasteiger partial charge < -0.3 is 14.5 Å². The van der Waals surface area contributed by atoms with Gasteiger partial charge in [-0.1, -0.05) is 36.1 Å². The number of benzene rings is 3. The van der Waals surface area contributed by atoms with Gasteiger partial charge in [-0.15, -0.1) is 0 Å². The van der Waals surface area contributed by atoms with Crippen LogP contribution in [0.3, 0.4) is 0 Å². The maximum absolute atomic E-state index is 12.2. The molecular weight excluding hydrogens is 378 g/mol. The number of nitrogens with one attached hydrogen (secondary N) is 1. The van der Waals surface area contributed by atoms with Crippen LogP contribution >= 0.6 is 0 Å². The summed E-state index contributed by atoms with van der Waals surface area (Å²) in [4.78, 5) is 23.6. The van der Waals surface area contributed by atoms with Crippen LogP contribution in [-0.4, -0.2) is 12.5 Å². The van der Waals surface area contributed by atoms with Crippen molar-refractivity contribution in [1.82, 2.24) is 0 Å². The molecule has 146 valence electrons. The fraction of sp³-hybridized carbons (Fsp3) is 0.0400. The third kappa shape index (κ3) is 4.94. The molecule has 0 unspecified atom stereocenters. The van der Waals surface area contributed by atoms with Crippen LogP contribution in [-0.2, 0) is 4.79 Å². The fourth-order valence-electron chi connectivity index (χ4n) is 2.82. The van der Waals surface area contributed by atoms with Crippen molar-refractivity contribution in [3.63, 3.8) is 0 Å². The maximum atomic E-state index is 12.2. The molecule has 1 heterocycles. The minimum absolute atomic E-state index is 0.178. The van der Waals surface area contributed by atoms with Crippen molar-refractivity contribution in [1.29, 1.82) is 0 Å². The Hall–Kier alpha value is -4.30. The molecule has 0 aliphatic rings. The second-order valence-corrected chi connectivity index (χ2v) is 6.49. The molecule has 1 amide bonds. The Balaban J connectivity index is 1.38. The SMILES string of the molecule is O=C(COc1ccc2ccc(=O)oc2c1)Nc1cccc(C#Cc2ccccc2)c1. The van der Waals surface area contributed by atoms with Crippen LogP contribution in [0.25, 0.3) is 11.0 Å². The predicted molar refractivity (Wildman–Crippen MR) is 115 cm³/mol. The Labute approximate surface area is 172 Å². The summed E-state index contributed by atoms with van der Waals surface area (Å²) in [5.41, 5.74) is 2.32. The van der Waals surface area contributed by atoms with E-state index in [0.717, 1.165) is 16.5 Å². The van der Waals surface area contributed by atoms with Gasteiger partial charge in [-0.3, -0.25) is 4.79 Å². The summed E-state index contributed by atoms with van der Waals surface area (Å²) < 4.78 is 10.6. The van der Waals surface area contributed by atoms with Gasteiger partial charge in [-0.05, 0) is 48.5 Å². The van der Waals surface area contributed by atoms with E-state index < -0.39 is 5.63 Å². The van der Waals surface area contributed by atoms with Gasteiger partial charge in [0.15, 0.2) is 6.61 Å². The van der Waals surface area contributed by atoms with Gasteiger partial charge in [0, 0.05) is 34.3 Å². The predicted octanol–water partition coefficient (Wildman–Crippen LogP) is 4.21. The number of anilines is 1. The summed E-state index contributed by atoms with van der Waals surface area (Å²) in [6.07, 6.45) is 0. The first-order valence-electron chi connectivity index (χ1n) is 9.29. The largest absolute Gasteiger partial charge is 0.484 e. The van der Waals surface area contributed by atoms with Gasteiger partial charge in [0.05, 0.1) is 0 Å². The highest BCUT2D eigenvalue weighted by molar-refractivity contribution is 5.92. The fourth-order valence-corrected chi connectivity index (χ4v) is 2.82. The molecule has 0 atom stereocenters. The Kier molecular flexibility index (Phi) is 5.59. The summed E-state index contributed by atoms with van der Waals surface area (Å²) >= 11 is 0. The minimum atomic E-state index is -0.437. The number of ether oxygens (including phenoxy) is 1. The molecule has 1 N–H and O–H groups in total. The first kappa shape index (κ1) is 19.0. The van der Waals surface area contributed by atoms with E-state index >= 15 is 0 Å². The Bertz CT molecular complexity index is 1310. The smallest absolute Gasteiger partial charge is 0.336 e. The molecule has 5 nitrogen and oxygen atoms in total. The van der Waals surface area contributed by atoms with Crippen LogP contribution in [0.5, 0.6) is 5.75 Å². The van der Waals surface area contributed by atoms with E-state index in [4.69, 9.17) is 9.15 Å². The summed E-state index contributed by atoms with van der Waals surface area (Å²) in [7, 11) is 0. The molecule has 0 bridgehead atoms. The molecule has 0 spiro atoms. The minimum Gasteiger partial charge on any atom is -0.484 e. The third-order valence-electron chi connectivity index (χ3n) is 4.24. The number of rotatable bonds is 4.